The molecule has 10 heavy (non-hydrogen) atoms. The second-order valence-electron chi connectivity index (χ2n) is 1.67. The molecule has 0 unspecified atom stereocenters. The number of hydrogen-bond acceptors (Lipinski definition) is 1. The van der Waals surface area contributed by atoms with Crippen molar-refractivity contribution >= 4 is 55.0 Å². The number of thiocarbonyl (C=S) groups is 1. The van der Waals surface area contributed by atoms with E-state index in [9.17, 15) is 0 Å². The Morgan fingerprint density at radius 3 is 2.00 bits per heavy atom. The fourth-order valence-corrected chi connectivity index (χ4v) is 0.717. The molecule has 0 aromatic heterocycles. The zero-order valence-corrected chi connectivity index (χ0v) is 5.56. The Bertz CT molecular complexity index is 210. The van der Waals surface area contributed by atoms with E-state index in [1.165, 1.54) is 0 Å². The van der Waals surface area contributed by atoms with Gasteiger partial charge in [-0.3, -0.25) is 0 Å². The molecule has 0 atom stereocenters. The molecule has 1 aromatic carbocycles. The van der Waals surface area contributed by atoms with Gasteiger partial charge in [-0.1, -0.05) is 30.3 Å². The quantitative estimate of drug-likeness (QED) is 0.514. The van der Waals surface area contributed by atoms with Gasteiger partial charge < -0.3 is 5.11 Å². The monoisotopic (exact) mass is 180 g/mol. The third kappa shape index (κ3) is 2.97. The minimum atomic E-state index is -0.0457. The molecule has 0 aliphatic rings. The Labute approximate surface area is 95.1 Å². The van der Waals surface area contributed by atoms with E-state index < -0.39 is 0 Å². The maximum absolute atomic E-state index is 8.76. The Kier molecular flexibility index (Phi) is 5.27. The first-order valence-electron chi connectivity index (χ1n) is 2.59. The van der Waals surface area contributed by atoms with Crippen LogP contribution in [-0.2, 0) is 0 Å². The number of aliphatic hydroxyl groups is 1. The van der Waals surface area contributed by atoms with Crippen molar-refractivity contribution in [1.29, 1.82) is 0 Å². The van der Waals surface area contributed by atoms with Gasteiger partial charge in [-0.2, -0.15) is 0 Å². The van der Waals surface area contributed by atoms with Crippen LogP contribution in [0.4, 0.5) is 0 Å². The van der Waals surface area contributed by atoms with Crippen LogP contribution < -0.4 is 0 Å². The minimum absolute atomic E-state index is 0. The summed E-state index contributed by atoms with van der Waals surface area (Å²) < 4.78 is 0. The Morgan fingerprint density at radius 1 is 1.20 bits per heavy atom. The third-order valence-corrected chi connectivity index (χ3v) is 1.26. The molecular formula is C7H8CaOS. The Hall–Kier alpha value is 0.370. The molecule has 0 saturated carbocycles. The van der Waals surface area contributed by atoms with Crippen molar-refractivity contribution in [2.24, 2.45) is 0 Å². The molecule has 0 fully saturated rings. The summed E-state index contributed by atoms with van der Waals surface area (Å²) in [5.74, 6) is 0. The molecule has 0 spiro atoms. The van der Waals surface area contributed by atoms with Crippen molar-refractivity contribution in [3.8, 4) is 0 Å². The van der Waals surface area contributed by atoms with Crippen molar-refractivity contribution in [3.05, 3.63) is 35.9 Å². The van der Waals surface area contributed by atoms with E-state index in [1.807, 2.05) is 18.2 Å². The molecule has 0 saturated heterocycles. The van der Waals surface area contributed by atoms with Crippen molar-refractivity contribution in [2.75, 3.05) is 0 Å². The number of aliphatic hydroxyl groups excluding tert-OH is 1. The van der Waals surface area contributed by atoms with E-state index in [-0.39, 0.29) is 42.8 Å². The molecule has 0 heterocycles. The summed E-state index contributed by atoms with van der Waals surface area (Å²) in [5, 5.41) is 8.71. The second-order valence-corrected chi connectivity index (χ2v) is 2.06. The first-order chi connectivity index (χ1) is 4.30. The zero-order valence-electron chi connectivity index (χ0n) is 4.74. The first kappa shape index (κ1) is 10.4. The van der Waals surface area contributed by atoms with E-state index in [1.54, 1.807) is 12.1 Å². The molecule has 1 aromatic rings. The van der Waals surface area contributed by atoms with Gasteiger partial charge in [0.1, 0.15) is 0 Å². The third-order valence-electron chi connectivity index (χ3n) is 1.02. The van der Waals surface area contributed by atoms with Crippen molar-refractivity contribution < 1.29 is 5.11 Å². The van der Waals surface area contributed by atoms with Crippen LogP contribution in [0.25, 0.3) is 0 Å². The summed E-state index contributed by atoms with van der Waals surface area (Å²) in [6.45, 7) is 0. The SMILES string of the molecule is OC(=S)c1ccccc1.[CaH2]. The van der Waals surface area contributed by atoms with Crippen molar-refractivity contribution in [1.82, 2.24) is 0 Å². The fraction of sp³-hybridized carbons (Fsp3) is 0. The summed E-state index contributed by atoms with van der Waals surface area (Å²) in [4.78, 5) is 0. The van der Waals surface area contributed by atoms with E-state index >= 15 is 0 Å². The van der Waals surface area contributed by atoms with E-state index in [2.05, 4.69) is 12.2 Å². The van der Waals surface area contributed by atoms with Gasteiger partial charge in [0.2, 0.25) is 0 Å². The molecular weight excluding hydrogens is 172 g/mol. The fourth-order valence-electron chi connectivity index (χ4n) is 0.581. The van der Waals surface area contributed by atoms with Gasteiger partial charge >= 0.3 is 37.7 Å². The molecule has 1 N–H and O–H groups in total. The van der Waals surface area contributed by atoms with Gasteiger partial charge in [-0.05, 0) is 12.2 Å². The molecule has 0 bridgehead atoms. The summed E-state index contributed by atoms with van der Waals surface area (Å²) in [5.41, 5.74) is 0.701. The van der Waals surface area contributed by atoms with Crippen LogP contribution in [0.15, 0.2) is 30.3 Å². The average molecular weight is 180 g/mol. The van der Waals surface area contributed by atoms with Crippen molar-refractivity contribution in [3.63, 3.8) is 0 Å². The van der Waals surface area contributed by atoms with Gasteiger partial charge in [0.15, 0.2) is 5.05 Å². The average Bonchev–Trinajstić information content (AvgIpc) is 1.90. The normalized spacial score (nSPS) is 8.00. The molecule has 1 nitrogen and oxygen atoms in total. The van der Waals surface area contributed by atoms with Crippen LogP contribution in [0.3, 0.4) is 0 Å². The molecule has 0 aliphatic carbocycles. The summed E-state index contributed by atoms with van der Waals surface area (Å²) in [6.07, 6.45) is 0. The number of rotatable bonds is 1. The van der Waals surface area contributed by atoms with Gasteiger partial charge in [-0.25, -0.2) is 0 Å². The molecule has 0 aliphatic heterocycles. The second kappa shape index (κ2) is 5.08. The summed E-state index contributed by atoms with van der Waals surface area (Å²) in [7, 11) is 0. The Morgan fingerprint density at radius 2 is 1.70 bits per heavy atom. The molecule has 0 radical (unpaired) electrons. The van der Waals surface area contributed by atoms with Crippen LogP contribution in [0.5, 0.6) is 0 Å². The molecule has 1 rings (SSSR count). The van der Waals surface area contributed by atoms with Gasteiger partial charge in [0.05, 0.1) is 0 Å². The maximum atomic E-state index is 8.76. The zero-order chi connectivity index (χ0) is 6.69. The van der Waals surface area contributed by atoms with Crippen LogP contribution in [0.1, 0.15) is 5.56 Å². The van der Waals surface area contributed by atoms with Gasteiger partial charge in [-0.15, -0.1) is 0 Å². The molecule has 50 valence electrons. The van der Waals surface area contributed by atoms with Crippen LogP contribution in [0, 0.1) is 0 Å². The summed E-state index contributed by atoms with van der Waals surface area (Å²) >= 11 is 4.52. The Balaban J connectivity index is 0.000000810. The topological polar surface area (TPSA) is 20.2 Å². The van der Waals surface area contributed by atoms with Gasteiger partial charge in [0.25, 0.3) is 0 Å². The summed E-state index contributed by atoms with van der Waals surface area (Å²) in [6, 6.07) is 9.07. The van der Waals surface area contributed by atoms with Crippen LogP contribution in [-0.4, -0.2) is 47.9 Å². The van der Waals surface area contributed by atoms with E-state index in [0.29, 0.717) is 5.56 Å². The van der Waals surface area contributed by atoms with Crippen molar-refractivity contribution in [2.45, 2.75) is 0 Å². The predicted octanol–water partition coefficient (Wildman–Crippen LogP) is 1.00. The van der Waals surface area contributed by atoms with Gasteiger partial charge in [0, 0.05) is 5.56 Å². The first-order valence-corrected chi connectivity index (χ1v) is 3.00. The standard InChI is InChI=1S/C7H6OS.Ca.2H/c8-7(9)6-4-2-1-3-5-6;;;/h1-5H,(H,8,9);;;. The van der Waals surface area contributed by atoms with Crippen LogP contribution in [0.2, 0.25) is 0 Å². The predicted molar refractivity (Wildman–Crippen MR) is 49.3 cm³/mol. The molecule has 0 amide bonds. The van der Waals surface area contributed by atoms with Crippen LogP contribution >= 0.6 is 12.2 Å². The number of benzene rings is 1. The number of hydrogen-bond donors (Lipinski definition) is 1. The van der Waals surface area contributed by atoms with E-state index in [4.69, 9.17) is 5.11 Å². The molecule has 3 heteroatoms. The van der Waals surface area contributed by atoms with E-state index in [0.717, 1.165) is 0 Å².